The van der Waals surface area contributed by atoms with E-state index < -0.39 is 9.84 Å². The first-order chi connectivity index (χ1) is 16.7. The van der Waals surface area contributed by atoms with E-state index in [1.807, 2.05) is 6.92 Å². The van der Waals surface area contributed by atoms with Crippen molar-refractivity contribution >= 4 is 33.1 Å². The molecule has 1 aromatic heterocycles. The van der Waals surface area contributed by atoms with Crippen molar-refractivity contribution in [2.24, 2.45) is 11.8 Å². The van der Waals surface area contributed by atoms with E-state index >= 15 is 0 Å². The minimum atomic E-state index is -3.36. The molecule has 2 atom stereocenters. The summed E-state index contributed by atoms with van der Waals surface area (Å²) in [5, 5.41) is 22.3. The Morgan fingerprint density at radius 1 is 1.31 bits per heavy atom. The van der Waals surface area contributed by atoms with Gasteiger partial charge in [-0.1, -0.05) is 17.7 Å². The maximum absolute atomic E-state index is 11.8. The number of aliphatic hydroxyl groups is 1. The molecule has 2 aromatic rings. The zero-order chi connectivity index (χ0) is 25.2. The predicted octanol–water partition coefficient (Wildman–Crippen LogP) is 2.72. The predicted molar refractivity (Wildman–Crippen MR) is 135 cm³/mol. The van der Waals surface area contributed by atoms with Gasteiger partial charge in [-0.2, -0.15) is 5.26 Å². The average molecular weight is 519 g/mol. The molecule has 2 fully saturated rings. The fourth-order valence-corrected chi connectivity index (χ4v) is 5.96. The Balaban J connectivity index is 1.44. The molecule has 1 aromatic carbocycles. The van der Waals surface area contributed by atoms with Crippen LogP contribution in [0, 0.1) is 23.2 Å². The first-order valence-corrected chi connectivity index (χ1v) is 14.1. The highest BCUT2D eigenvalue weighted by Gasteiger charge is 2.36. The molecule has 2 N–H and O–H groups in total. The van der Waals surface area contributed by atoms with Gasteiger partial charge in [0, 0.05) is 37.5 Å². The smallest absolute Gasteiger partial charge is 0.183 e. The standard InChI is InChI=1S/C24H31ClN6O3S/c1-16(20-6-5-19(10-21(20)25)35(2,33)34)28-24-22(11-26)27-12-23(29-24)31-14-18(15-31)17-4-3-7-30(13-17)8-9-32/h5-6,10,12,16-18,32H,3-4,7-9,13-15H2,1-2H3,(H,28,29)/t16-,17+/m1/s1. The number of aromatic nitrogens is 2. The summed E-state index contributed by atoms with van der Waals surface area (Å²) in [6, 6.07) is 6.39. The number of anilines is 2. The van der Waals surface area contributed by atoms with Crippen molar-refractivity contribution in [2.75, 3.05) is 55.8 Å². The molecule has 0 aliphatic carbocycles. The molecule has 2 aliphatic rings. The molecule has 0 saturated carbocycles. The number of nitrogens with zero attached hydrogens (tertiary/aromatic N) is 5. The Morgan fingerprint density at radius 2 is 2.09 bits per heavy atom. The van der Waals surface area contributed by atoms with Crippen molar-refractivity contribution in [1.82, 2.24) is 14.9 Å². The lowest BCUT2D eigenvalue weighted by Crippen LogP contribution is -2.54. The number of likely N-dealkylation sites (tertiary alicyclic amines) is 1. The van der Waals surface area contributed by atoms with Crippen LogP contribution in [0.1, 0.15) is 37.1 Å². The number of halogens is 1. The number of β-amino-alcohol motifs (C(OH)–C–C–N with tert-alkyl or cyclic N) is 1. The molecule has 2 saturated heterocycles. The molecule has 0 bridgehead atoms. The van der Waals surface area contributed by atoms with Crippen molar-refractivity contribution < 1.29 is 13.5 Å². The summed E-state index contributed by atoms with van der Waals surface area (Å²) in [7, 11) is -3.36. The van der Waals surface area contributed by atoms with E-state index in [0.717, 1.165) is 51.2 Å². The fraction of sp³-hybridized carbons (Fsp3) is 0.542. The first-order valence-electron chi connectivity index (χ1n) is 11.8. The zero-order valence-electron chi connectivity index (χ0n) is 20.0. The second-order valence-electron chi connectivity index (χ2n) is 9.45. The molecule has 2 aliphatic heterocycles. The highest BCUT2D eigenvalue weighted by atomic mass is 35.5. The number of rotatable bonds is 8. The van der Waals surface area contributed by atoms with E-state index in [1.54, 1.807) is 12.3 Å². The van der Waals surface area contributed by atoms with Gasteiger partial charge in [0.2, 0.25) is 0 Å². The lowest BCUT2D eigenvalue weighted by atomic mass is 9.80. The summed E-state index contributed by atoms with van der Waals surface area (Å²) in [5.74, 6) is 2.29. The maximum Gasteiger partial charge on any atom is 0.183 e. The van der Waals surface area contributed by atoms with E-state index in [2.05, 4.69) is 31.2 Å². The summed E-state index contributed by atoms with van der Waals surface area (Å²) in [5.41, 5.74) is 0.886. The van der Waals surface area contributed by atoms with Crippen LogP contribution in [0.15, 0.2) is 29.3 Å². The van der Waals surface area contributed by atoms with Crippen LogP contribution in [0.3, 0.4) is 0 Å². The largest absolute Gasteiger partial charge is 0.395 e. The number of aliphatic hydroxyl groups excluding tert-OH is 1. The third-order valence-corrected chi connectivity index (χ3v) is 8.38. The Bertz CT molecular complexity index is 1210. The van der Waals surface area contributed by atoms with Gasteiger partial charge in [0.05, 0.1) is 23.7 Å². The van der Waals surface area contributed by atoms with Crippen molar-refractivity contribution in [2.45, 2.75) is 30.7 Å². The van der Waals surface area contributed by atoms with E-state index in [4.69, 9.17) is 11.6 Å². The van der Waals surface area contributed by atoms with E-state index in [9.17, 15) is 18.8 Å². The van der Waals surface area contributed by atoms with Gasteiger partial charge in [-0.15, -0.1) is 0 Å². The molecular formula is C24H31ClN6O3S. The summed E-state index contributed by atoms with van der Waals surface area (Å²) in [6.45, 7) is 6.69. The SMILES string of the molecule is C[C@@H](Nc1nc(N2CC([C@H]3CCCN(CCO)C3)C2)cnc1C#N)c1ccc(S(C)(=O)=O)cc1Cl. The van der Waals surface area contributed by atoms with Crippen molar-refractivity contribution in [3.05, 3.63) is 40.7 Å². The topological polar surface area (TPSA) is 122 Å². The molecule has 0 radical (unpaired) electrons. The average Bonchev–Trinajstić information content (AvgIpc) is 2.78. The Kier molecular flexibility index (Phi) is 7.81. The first kappa shape index (κ1) is 25.6. The summed E-state index contributed by atoms with van der Waals surface area (Å²) in [6.07, 6.45) is 5.15. The minimum Gasteiger partial charge on any atom is -0.395 e. The molecule has 0 unspecified atom stereocenters. The molecule has 188 valence electrons. The van der Waals surface area contributed by atoms with E-state index in [0.29, 0.717) is 28.2 Å². The summed E-state index contributed by atoms with van der Waals surface area (Å²) >= 11 is 6.37. The second-order valence-corrected chi connectivity index (χ2v) is 11.9. The van der Waals surface area contributed by atoms with E-state index in [-0.39, 0.29) is 23.2 Å². The minimum absolute atomic E-state index is 0.155. The van der Waals surface area contributed by atoms with Gasteiger partial charge in [0.1, 0.15) is 11.9 Å². The number of hydrogen-bond acceptors (Lipinski definition) is 9. The van der Waals surface area contributed by atoms with Gasteiger partial charge in [-0.3, -0.25) is 0 Å². The Morgan fingerprint density at radius 3 is 2.74 bits per heavy atom. The van der Waals surface area contributed by atoms with Gasteiger partial charge < -0.3 is 20.2 Å². The summed E-state index contributed by atoms with van der Waals surface area (Å²) in [4.78, 5) is 13.7. The second kappa shape index (κ2) is 10.7. The maximum atomic E-state index is 11.8. The lowest BCUT2D eigenvalue weighted by molar-refractivity contribution is 0.101. The van der Waals surface area contributed by atoms with Gasteiger partial charge in [-0.25, -0.2) is 18.4 Å². The Labute approximate surface area is 211 Å². The number of hydrogen-bond donors (Lipinski definition) is 2. The van der Waals surface area contributed by atoms with Crippen LogP contribution >= 0.6 is 11.6 Å². The van der Waals surface area contributed by atoms with Gasteiger partial charge in [0.25, 0.3) is 0 Å². The number of sulfone groups is 1. The molecule has 9 nitrogen and oxygen atoms in total. The van der Waals surface area contributed by atoms with Crippen molar-refractivity contribution in [1.29, 1.82) is 5.26 Å². The van der Waals surface area contributed by atoms with Crippen molar-refractivity contribution in [3.8, 4) is 6.07 Å². The third kappa shape index (κ3) is 5.86. The molecule has 11 heteroatoms. The molecule has 3 heterocycles. The lowest BCUT2D eigenvalue weighted by Gasteiger charge is -2.47. The number of nitriles is 1. The molecule has 4 rings (SSSR count). The quantitative estimate of drug-likeness (QED) is 0.543. The number of nitrogens with one attached hydrogen (secondary N) is 1. The molecule has 0 amide bonds. The highest BCUT2D eigenvalue weighted by molar-refractivity contribution is 7.90. The normalized spacial score (nSPS) is 20.2. The summed E-state index contributed by atoms with van der Waals surface area (Å²) < 4.78 is 23.6. The van der Waals surface area contributed by atoms with Crippen LogP contribution in [0.5, 0.6) is 0 Å². The van der Waals surface area contributed by atoms with Gasteiger partial charge in [-0.05, 0) is 55.8 Å². The third-order valence-electron chi connectivity index (χ3n) is 6.94. The molecular weight excluding hydrogens is 488 g/mol. The monoisotopic (exact) mass is 518 g/mol. The van der Waals surface area contributed by atoms with E-state index in [1.165, 1.54) is 18.6 Å². The zero-order valence-corrected chi connectivity index (χ0v) is 21.6. The Hall–Kier alpha value is -2.45. The van der Waals surface area contributed by atoms with Crippen LogP contribution in [-0.2, 0) is 9.84 Å². The van der Waals surface area contributed by atoms with Crippen LogP contribution in [0.4, 0.5) is 11.6 Å². The fourth-order valence-electron chi connectivity index (χ4n) is 4.91. The number of piperidine rings is 1. The van der Waals surface area contributed by atoms with Crippen LogP contribution in [0.2, 0.25) is 5.02 Å². The van der Waals surface area contributed by atoms with Gasteiger partial charge in [0.15, 0.2) is 21.3 Å². The highest BCUT2D eigenvalue weighted by Crippen LogP contribution is 2.34. The number of benzene rings is 1. The molecule has 35 heavy (non-hydrogen) atoms. The molecule has 0 spiro atoms. The van der Waals surface area contributed by atoms with Gasteiger partial charge >= 0.3 is 0 Å². The van der Waals surface area contributed by atoms with Crippen LogP contribution in [0.25, 0.3) is 0 Å². The van der Waals surface area contributed by atoms with Crippen LogP contribution < -0.4 is 10.2 Å². The van der Waals surface area contributed by atoms with Crippen LogP contribution in [-0.4, -0.2) is 74.0 Å². The van der Waals surface area contributed by atoms with Crippen molar-refractivity contribution in [3.63, 3.8) is 0 Å².